The van der Waals surface area contributed by atoms with Crippen molar-refractivity contribution >= 4 is 11.6 Å². The number of fused-ring (bicyclic) bond motifs is 1. The molecule has 1 aromatic carbocycles. The Balaban J connectivity index is 1.46. The summed E-state index contributed by atoms with van der Waals surface area (Å²) in [6.45, 7) is 0.891. The first-order chi connectivity index (χ1) is 13.5. The Labute approximate surface area is 160 Å². The Bertz CT molecular complexity index is 948. The molecule has 9 heteroatoms. The van der Waals surface area contributed by atoms with E-state index in [1.54, 1.807) is 13.1 Å². The SMILES string of the molecule is CN=C(NCCCc1nnc2ccccn12)NCc1cccc(C(F)(F)F)c1. The first-order valence-corrected chi connectivity index (χ1v) is 8.86. The van der Waals surface area contributed by atoms with Crippen LogP contribution in [0.4, 0.5) is 13.2 Å². The first kappa shape index (κ1) is 19.7. The van der Waals surface area contributed by atoms with Crippen LogP contribution >= 0.6 is 0 Å². The Morgan fingerprint density at radius 1 is 1.11 bits per heavy atom. The topological polar surface area (TPSA) is 66.6 Å². The van der Waals surface area contributed by atoms with Crippen LogP contribution in [0.5, 0.6) is 0 Å². The molecule has 0 aliphatic heterocycles. The number of aromatic nitrogens is 3. The van der Waals surface area contributed by atoms with Gasteiger partial charge in [0, 0.05) is 32.8 Å². The molecule has 0 spiro atoms. The quantitative estimate of drug-likeness (QED) is 0.386. The average molecular weight is 390 g/mol. The van der Waals surface area contributed by atoms with Crippen LogP contribution in [0, 0.1) is 0 Å². The standard InChI is InChI=1S/C19H21F3N6/c1-23-18(25-13-14-6-4-7-15(12-14)19(20,21)22)24-10-5-9-17-27-26-16-8-2-3-11-28(16)17/h2-4,6-8,11-12H,5,9-10,13H2,1H3,(H2,23,24,25). The number of guanidine groups is 1. The Kier molecular flexibility index (Phi) is 6.13. The normalized spacial score (nSPS) is 12.4. The molecule has 28 heavy (non-hydrogen) atoms. The molecule has 0 saturated carbocycles. The van der Waals surface area contributed by atoms with Gasteiger partial charge in [0.25, 0.3) is 0 Å². The van der Waals surface area contributed by atoms with E-state index in [-0.39, 0.29) is 6.54 Å². The number of aryl methyl sites for hydroxylation is 1. The highest BCUT2D eigenvalue weighted by Crippen LogP contribution is 2.29. The number of hydrogen-bond acceptors (Lipinski definition) is 3. The van der Waals surface area contributed by atoms with Gasteiger partial charge in [-0.3, -0.25) is 9.39 Å². The highest BCUT2D eigenvalue weighted by atomic mass is 19.4. The van der Waals surface area contributed by atoms with E-state index < -0.39 is 11.7 Å². The summed E-state index contributed by atoms with van der Waals surface area (Å²) in [5.74, 6) is 1.41. The van der Waals surface area contributed by atoms with Gasteiger partial charge in [-0.25, -0.2) is 0 Å². The zero-order valence-electron chi connectivity index (χ0n) is 15.4. The minimum Gasteiger partial charge on any atom is -0.356 e. The molecule has 0 bridgehead atoms. The van der Waals surface area contributed by atoms with Crippen molar-refractivity contribution in [3.05, 3.63) is 65.6 Å². The number of nitrogens with zero attached hydrogens (tertiary/aromatic N) is 4. The zero-order chi connectivity index (χ0) is 20.0. The molecule has 0 aliphatic carbocycles. The van der Waals surface area contributed by atoms with Crippen LogP contribution < -0.4 is 10.6 Å². The molecular formula is C19H21F3N6. The van der Waals surface area contributed by atoms with Crippen LogP contribution in [0.3, 0.4) is 0 Å². The minimum atomic E-state index is -4.35. The number of benzene rings is 1. The van der Waals surface area contributed by atoms with E-state index in [1.165, 1.54) is 6.07 Å². The molecule has 148 valence electrons. The smallest absolute Gasteiger partial charge is 0.356 e. The van der Waals surface area contributed by atoms with E-state index in [9.17, 15) is 13.2 Å². The van der Waals surface area contributed by atoms with Crippen molar-refractivity contribution < 1.29 is 13.2 Å². The molecular weight excluding hydrogens is 369 g/mol. The van der Waals surface area contributed by atoms with Crippen molar-refractivity contribution in [3.8, 4) is 0 Å². The van der Waals surface area contributed by atoms with Crippen molar-refractivity contribution in [3.63, 3.8) is 0 Å². The third-order valence-corrected chi connectivity index (χ3v) is 4.19. The second kappa shape index (κ2) is 8.73. The van der Waals surface area contributed by atoms with Gasteiger partial charge in [-0.1, -0.05) is 18.2 Å². The van der Waals surface area contributed by atoms with Gasteiger partial charge in [-0.2, -0.15) is 13.2 Å². The zero-order valence-corrected chi connectivity index (χ0v) is 15.4. The summed E-state index contributed by atoms with van der Waals surface area (Å²) in [6.07, 6.45) is -0.877. The lowest BCUT2D eigenvalue weighted by atomic mass is 10.1. The summed E-state index contributed by atoms with van der Waals surface area (Å²) >= 11 is 0. The van der Waals surface area contributed by atoms with Crippen molar-refractivity contribution in [2.75, 3.05) is 13.6 Å². The van der Waals surface area contributed by atoms with Gasteiger partial charge >= 0.3 is 6.18 Å². The fourth-order valence-electron chi connectivity index (χ4n) is 2.78. The van der Waals surface area contributed by atoms with Crippen LogP contribution in [-0.4, -0.2) is 34.2 Å². The molecule has 0 saturated heterocycles. The van der Waals surface area contributed by atoms with Crippen molar-refractivity contribution in [2.45, 2.75) is 25.6 Å². The van der Waals surface area contributed by atoms with Crippen LogP contribution in [0.15, 0.2) is 53.7 Å². The molecule has 0 aliphatic rings. The number of alkyl halides is 3. The number of pyridine rings is 1. The Hall–Kier alpha value is -3.10. The molecule has 3 aromatic rings. The molecule has 0 radical (unpaired) electrons. The molecule has 3 rings (SSSR count). The Morgan fingerprint density at radius 3 is 2.75 bits per heavy atom. The van der Waals surface area contributed by atoms with Crippen LogP contribution in [0.1, 0.15) is 23.4 Å². The van der Waals surface area contributed by atoms with Gasteiger partial charge in [-0.15, -0.1) is 10.2 Å². The van der Waals surface area contributed by atoms with E-state index in [2.05, 4.69) is 25.8 Å². The second-order valence-corrected chi connectivity index (χ2v) is 6.20. The van der Waals surface area contributed by atoms with Gasteiger partial charge in [0.1, 0.15) is 5.82 Å². The number of halogens is 3. The maximum atomic E-state index is 12.8. The molecule has 2 aromatic heterocycles. The lowest BCUT2D eigenvalue weighted by Gasteiger charge is -2.13. The summed E-state index contributed by atoms with van der Waals surface area (Å²) in [5, 5.41) is 14.5. The van der Waals surface area contributed by atoms with Gasteiger partial charge in [0.05, 0.1) is 5.56 Å². The van der Waals surface area contributed by atoms with Crippen molar-refractivity contribution in [1.82, 2.24) is 25.2 Å². The van der Waals surface area contributed by atoms with E-state index in [0.29, 0.717) is 18.1 Å². The molecule has 2 N–H and O–H groups in total. The number of nitrogens with one attached hydrogen (secondary N) is 2. The van der Waals surface area contributed by atoms with Gasteiger partial charge in [0.15, 0.2) is 11.6 Å². The van der Waals surface area contributed by atoms with Crippen molar-refractivity contribution in [2.24, 2.45) is 4.99 Å². The largest absolute Gasteiger partial charge is 0.416 e. The lowest BCUT2D eigenvalue weighted by molar-refractivity contribution is -0.137. The van der Waals surface area contributed by atoms with Crippen molar-refractivity contribution in [1.29, 1.82) is 0 Å². The minimum absolute atomic E-state index is 0.248. The monoisotopic (exact) mass is 390 g/mol. The highest BCUT2D eigenvalue weighted by molar-refractivity contribution is 5.79. The maximum Gasteiger partial charge on any atom is 0.416 e. The molecule has 0 unspecified atom stereocenters. The maximum absolute atomic E-state index is 12.8. The summed E-state index contributed by atoms with van der Waals surface area (Å²) in [7, 11) is 1.62. The fraction of sp³-hybridized carbons (Fsp3) is 0.316. The third kappa shape index (κ3) is 4.99. The molecule has 0 fully saturated rings. The van der Waals surface area contributed by atoms with Crippen LogP contribution in [-0.2, 0) is 19.1 Å². The summed E-state index contributed by atoms with van der Waals surface area (Å²) in [5.41, 5.74) is 0.687. The third-order valence-electron chi connectivity index (χ3n) is 4.19. The summed E-state index contributed by atoms with van der Waals surface area (Å²) < 4.78 is 40.3. The first-order valence-electron chi connectivity index (χ1n) is 8.86. The summed E-state index contributed by atoms with van der Waals surface area (Å²) in [4.78, 5) is 4.10. The molecule has 0 atom stereocenters. The number of rotatable bonds is 6. The summed E-state index contributed by atoms with van der Waals surface area (Å²) in [6, 6.07) is 11.0. The lowest BCUT2D eigenvalue weighted by Crippen LogP contribution is -2.37. The Morgan fingerprint density at radius 2 is 1.96 bits per heavy atom. The predicted octanol–water partition coefficient (Wildman–Crippen LogP) is 3.05. The number of hydrogen-bond donors (Lipinski definition) is 2. The van der Waals surface area contributed by atoms with Gasteiger partial charge in [0.2, 0.25) is 0 Å². The van der Waals surface area contributed by atoms with Gasteiger partial charge in [-0.05, 0) is 36.2 Å². The average Bonchev–Trinajstić information content (AvgIpc) is 3.10. The number of aliphatic imine (C=N–C) groups is 1. The van der Waals surface area contributed by atoms with E-state index in [1.807, 2.05) is 28.8 Å². The van der Waals surface area contributed by atoms with E-state index in [4.69, 9.17) is 0 Å². The highest BCUT2D eigenvalue weighted by Gasteiger charge is 2.30. The molecule has 2 heterocycles. The van der Waals surface area contributed by atoms with Crippen LogP contribution in [0.25, 0.3) is 5.65 Å². The fourth-order valence-corrected chi connectivity index (χ4v) is 2.78. The van der Waals surface area contributed by atoms with Gasteiger partial charge < -0.3 is 10.6 Å². The molecule has 0 amide bonds. The second-order valence-electron chi connectivity index (χ2n) is 6.20. The van der Waals surface area contributed by atoms with E-state index in [0.717, 1.165) is 36.4 Å². The molecule has 6 nitrogen and oxygen atoms in total. The predicted molar refractivity (Wildman–Crippen MR) is 101 cm³/mol. The van der Waals surface area contributed by atoms with Crippen LogP contribution in [0.2, 0.25) is 0 Å². The van der Waals surface area contributed by atoms with E-state index >= 15 is 0 Å².